The van der Waals surface area contributed by atoms with E-state index in [0.717, 1.165) is 227 Å². The molecule has 0 heteroatoms. The molecular weight excluding hydrogens is 1750 g/mol. The fourth-order valence-electron chi connectivity index (χ4n) is 194. The lowest BCUT2D eigenvalue weighted by molar-refractivity contribution is -1.26. The van der Waals surface area contributed by atoms with E-state index < -0.39 is 0 Å². The number of hydrogen-bond donors (Lipinski definition) is 0. The fraction of sp³-hybridized carbons (Fsp3) is 1.00. The molecule has 0 aromatic heterocycles. The molecule has 0 radical (unpaired) electrons. The minimum Gasteiger partial charge on any atom is -0.0493 e. The number of rotatable bonds is 0. The highest BCUT2D eigenvalue weighted by molar-refractivity contribution is 7.09. The third-order valence-electron chi connectivity index (χ3n) is 143. The first-order valence-corrected chi connectivity index (χ1v) is 72.8. The van der Waals surface area contributed by atoms with Crippen molar-refractivity contribution in [1.29, 1.82) is 0 Å². The molecule has 122 saturated carbocycles. The Labute approximate surface area is 809 Å². The van der Waals surface area contributed by atoms with Gasteiger partial charge in [0, 0.05) is 0 Å². The maximum absolute atomic E-state index is 2.08. The standard InChI is InChI=1S/C146H50/c1-2-46-5-11-18-25-32-39-37-30-23-16-9-3-8-15-22-29-36-35-28-21-14-7-4-10-17-24-31-38-40-33-26-19-12-6(1)13-20-27-34-41-42-43-44-45(46)82-50(11,46)57(18)64(25)71(32)78(39)75(37)68(30)61(23)54(16)48(8,9)52(15)59(22)66(29)73(36)72(35)65(28)58(21)51(14)47(7,10)53(17)60(24)67(31)74(38)76(40)69(33)62(26)55(19)49(12,13)56(20)63(27)70(34)77(41)79(42)80(43)81(44,82)94-86(57,82)93(64)101(71)109(78)106(75)98(68)90(61)84(52,54)88(59)96(66)104(73)103(72)95(65)87(58)83(51,53)89(60)97(67)105(74)107(76)99(69)91(62)85(55,56)92(63)100(70)108(77)110(79)102(80,94)122-114(93,94)121(101)129(109)126(106)118(98)112(88,90)116(96)124(104)123(103)115(95)111(87,89)117(97)125(105)127(107)119(99)113(91,92)120(100)128(108)130(110,122)142-134(121,122)141(129)138(126)132(116,118)136(124)135(123)131(115,117)137(125)139(127)133(119,120)140(128,142)145(139)143(135,137)144(136,138)146(141,142)145/h6-45H,1-5H2/t6?,7?,8?,9?,10?,11?,12?,13?,14?,15?,16?,17?,18?,19?,20?,21?,22?,23?,24?,25?,26?,27?,28-,29?,30?,31+,32?,33?,34?,35?,36?,37?,38?,39?,40?,41?,42?,43?,44?,45?,46?,47?,48?,49?,50?,51?,52?,53?,54?,55?,56?,57?,58?,59?,60?,61?,62?,63?,64?,65+,66?,67-,68+,69?,70-,71?,72?,73?,74?,75?,76?,77?,78?,79?,80?,81?,82?,83?,84?,85?,86?,87?,88?,89?,90?,91?,92?,93?,94?,95+,96?,97-,98+,99?,100-,101?,102?,103?,104?,105?,106?,107?,108?,109?,110?,111?,112?,113?,114?,115+,116?,117-,118+,119?,120-,121?,122?,123?,124?,125?,126?,127?,128?,129?,130?,131?,132+,133-,134?,135-,136+,137+,138?,139-,140?,141?,142?,143?,144?,145?,146?/m0/s1. The van der Waals surface area contributed by atoms with Crippen molar-refractivity contribution in [3.05, 3.63) is 319 Å². The molecule has 122 rings (SSSR count). The molecule has 0 aromatic carbocycles. The van der Waals surface area contributed by atoms with Crippen molar-refractivity contribution in [3.63, 3.8) is 0 Å². The molecule has 0 N–H and O–H groups in total. The first kappa shape index (κ1) is 43.1. The van der Waals surface area contributed by atoms with Gasteiger partial charge in [0.15, 0.2) is 0 Å². The molecule has 0 aromatic rings. The molecule has 122 aliphatic carbocycles. The lowest BCUT2D eigenvalue weighted by Crippen LogP contribution is -3.83. The number of hydrogen-bond acceptors (Lipinski definition) is 0. The summed E-state index contributed by atoms with van der Waals surface area (Å²) in [6, 6.07) is 0. The summed E-state index contributed by atoms with van der Waals surface area (Å²) in [7, 11) is 0. The monoisotopic (exact) mass is 1800 g/mol. The van der Waals surface area contributed by atoms with Gasteiger partial charge < -0.3 is 0 Å². The molecule has 122 aliphatic rings. The second-order valence-corrected chi connectivity index (χ2v) is 101. The van der Waals surface area contributed by atoms with Gasteiger partial charge in [-0.15, -0.1) is 0 Å². The molecule has 141 atom stereocenters. The van der Waals surface area contributed by atoms with Gasteiger partial charge in [-0.2, -0.15) is 0 Å². The number of fused-ring (bicyclic) bond motifs is 28. The minimum absolute atomic E-state index is 0.997. The predicted molar refractivity (Wildman–Crippen MR) is 456 cm³/mol. The van der Waals surface area contributed by atoms with Gasteiger partial charge >= 0.3 is 0 Å². The molecule has 121 unspecified atom stereocenters. The summed E-state index contributed by atoms with van der Waals surface area (Å²) in [6.07, 6.45) is 10.2. The van der Waals surface area contributed by atoms with E-state index in [2.05, 4.69) is 12.8 Å². The molecule has 0 nitrogen and oxygen atoms in total. The maximum atomic E-state index is 2.08. The zero-order valence-electron chi connectivity index (χ0n) is 77.1. The van der Waals surface area contributed by atoms with Crippen LogP contribution in [0.3, 0.4) is 0 Å². The van der Waals surface area contributed by atoms with E-state index in [1.54, 1.807) is 0 Å². The highest BCUT2D eigenvalue weighted by Gasteiger charge is 3.99. The van der Waals surface area contributed by atoms with Gasteiger partial charge in [0.05, 0.1) is 0 Å². The van der Waals surface area contributed by atoms with Crippen LogP contribution in [0.1, 0.15) is 32.1 Å². The zero-order valence-corrected chi connectivity index (χ0v) is 77.1. The van der Waals surface area contributed by atoms with E-state index in [1.807, 2.05) is 19.3 Å². The molecule has 0 aliphatic heterocycles. The summed E-state index contributed by atoms with van der Waals surface area (Å²) in [6.45, 7) is 0. The molecule has 0 bridgehead atoms. The SMILES string of the molecule is C1CC23CC4C5C6C7C8C9C%10C%11C%12C%13CC%14C%15C%16C%17C%18C%19[C@@H]%20C%21C%22C%23CC%24C%25C%26[C@@H]%27C%28C%29C%30C%31C%32C%33C1C1C%34C%35C%36C%37C%38C%39C%40C2C2%41C43C53C64C75C86C78C5%42C45C32C23C%40%41C%394C%38%39C%38%40C42C24C53C%423C25C2%41C%42%43C5%44C4%38C45C%40%38C%37%39[C@@]%36%37C%35%36C%34%35C%331C%321C%31%32C%30%31C%29%30C%29%33C%31%34C%32%31C1%35C%361C%31%32C%34%31C%29%34C%29%35C%33%36C%28%30[C@@]%27%28C%26%27C%25%26C%23%24C%22%23C%26%22C%24%25C%21%23[C@@]%20%21C%19%20C%18%19C%17%18C%16%17C%15%16C%14%13C%12%13C%16%12C%17%14C%18%15C%19%16C%20%17C%18%19C%16%20C%15%16C%14%15C%12%14C%11%13[C@@]%10%11C96C76C7(C382)C%412C%423C89C%43%10C%444[C@]%31([C@]%34%10[C@]%298C4([C@@]%18(C%248C%22%27[C@]%36%28[C@]8%354)[C@]%25%17%21)[C@]%199[C@]%203[C@]%162[C@]%157[C@]%146%11)[C@@]%325[C@@]1%38%37. The van der Waals surface area contributed by atoms with Crippen LogP contribution in [0.2, 0.25) is 0 Å². The van der Waals surface area contributed by atoms with Gasteiger partial charge in [-0.3, -0.25) is 0 Å². The Hall–Kier alpha value is 0. The first-order chi connectivity index (χ1) is 72.8. The second kappa shape index (κ2) is 5.63. The Morgan fingerprint density at radius 3 is 0.486 bits per heavy atom. The maximum Gasteiger partial charge on any atom is -0.00000000322 e. The van der Waals surface area contributed by atoms with Crippen LogP contribution in [0, 0.1) is 784 Å². The van der Waals surface area contributed by atoms with Crippen molar-refractivity contribution in [2.45, 2.75) is 32.1 Å². The molecule has 0 saturated heterocycles. The molecule has 101 spiro atoms. The third-order valence-corrected chi connectivity index (χ3v) is 143. The van der Waals surface area contributed by atoms with E-state index in [-0.39, 0.29) is 0 Å². The summed E-state index contributed by atoms with van der Waals surface area (Å²) in [5.41, 5.74) is 118. The Bertz CT molecular complexity index is 13200. The van der Waals surface area contributed by atoms with Crippen LogP contribution >= 0.6 is 0 Å². The van der Waals surface area contributed by atoms with Crippen LogP contribution < -0.4 is 0 Å². The van der Waals surface area contributed by atoms with Crippen molar-refractivity contribution in [2.75, 3.05) is 0 Å². The Balaban J connectivity index is 0.524. The van der Waals surface area contributed by atoms with Crippen LogP contribution in [0.25, 0.3) is 0 Å². The molecular formula is C146H50. The minimum atomic E-state index is 0.997. The average molecular weight is 1800 g/mol. The van der Waals surface area contributed by atoms with Gasteiger partial charge in [-0.1, -0.05) is 0 Å². The summed E-state index contributed by atoms with van der Waals surface area (Å²) in [4.78, 5) is 0. The predicted octanol–water partition coefficient (Wildman–Crippen LogP) is 11.7. The van der Waals surface area contributed by atoms with Crippen LogP contribution in [0.4, 0.5) is 0 Å². The Morgan fingerprint density at radius 1 is 0.103 bits per heavy atom. The van der Waals surface area contributed by atoms with Crippen molar-refractivity contribution in [3.8, 4) is 0 Å². The quantitative estimate of drug-likeness (QED) is 0.227. The van der Waals surface area contributed by atoms with E-state index in [4.69, 9.17) is 0 Å². The van der Waals surface area contributed by atoms with Gasteiger partial charge in [0.1, 0.15) is 0 Å². The molecule has 122 fully saturated rings. The van der Waals surface area contributed by atoms with Gasteiger partial charge in [0.2, 0.25) is 0 Å². The van der Waals surface area contributed by atoms with Crippen molar-refractivity contribution in [2.24, 2.45) is 464 Å². The van der Waals surface area contributed by atoms with Crippen LogP contribution in [-0.4, -0.2) is 0 Å². The van der Waals surface area contributed by atoms with Crippen LogP contribution in [0.5, 0.6) is 0 Å². The van der Waals surface area contributed by atoms with Crippen LogP contribution in [-0.2, 0) is 0 Å². The van der Waals surface area contributed by atoms with Crippen LogP contribution in [0.15, 0.2) is 0 Å². The largest absolute Gasteiger partial charge is 0.0493 e. The normalized spacial score (nSPS) is 163. The highest BCUT2D eigenvalue weighted by Crippen LogP contribution is 4.05. The molecule has 0 heterocycles. The van der Waals surface area contributed by atoms with Crippen molar-refractivity contribution >= 4 is 0 Å². The van der Waals surface area contributed by atoms with E-state index in [9.17, 15) is 0 Å². The lowest BCUT2D eigenvalue weighted by Gasteiger charge is -3.88. The summed E-state index contributed by atoms with van der Waals surface area (Å²) >= 11 is 0. The smallest absolute Gasteiger partial charge is 0.00000000322 e. The summed E-state index contributed by atoms with van der Waals surface area (Å²) in [5, 5.41) is 0. The summed E-state index contributed by atoms with van der Waals surface area (Å²) in [5.74, 6) is 59.3. The highest BCUT2D eigenvalue weighted by atomic mass is 16.0. The zero-order chi connectivity index (χ0) is 77.1. The second-order valence-electron chi connectivity index (χ2n) is 101. The average Bonchev–Trinajstić information content (AvgIpc) is 0.384. The van der Waals surface area contributed by atoms with Crippen molar-refractivity contribution in [1.82, 2.24) is 0 Å². The Kier molecular flexibility index (Phi) is 1.66. The van der Waals surface area contributed by atoms with E-state index in [0.29, 0.717) is 0 Å². The van der Waals surface area contributed by atoms with E-state index in [1.165, 1.54) is 556 Å². The van der Waals surface area contributed by atoms with Gasteiger partial charge in [-0.25, -0.2) is 0 Å². The lowest BCUT2D eigenvalue weighted by atomic mass is 8.13. The van der Waals surface area contributed by atoms with Crippen molar-refractivity contribution < 1.29 is 0 Å². The molecule has 146 heavy (non-hydrogen) atoms. The summed E-state index contributed by atoms with van der Waals surface area (Å²) < 4.78 is 0. The fourth-order valence-corrected chi connectivity index (χ4v) is 194. The topological polar surface area (TPSA) is 0 Å². The first-order valence-electron chi connectivity index (χ1n) is 72.8. The molecule has 0 amide bonds. The Morgan fingerprint density at radius 2 is 0.253 bits per heavy atom. The van der Waals surface area contributed by atoms with Gasteiger partial charge in [0.25, 0.3) is 0 Å². The van der Waals surface area contributed by atoms with Gasteiger partial charge in [-0.05, 0) is 816 Å². The van der Waals surface area contributed by atoms with E-state index >= 15 is 0 Å². The third kappa shape index (κ3) is 0.710. The molecule has 634 valence electrons.